The molecule has 7 heteroatoms. The largest absolute Gasteiger partial charge is 0.507 e. The van der Waals surface area contributed by atoms with Crippen LogP contribution in [0.5, 0.6) is 5.75 Å². The van der Waals surface area contributed by atoms with E-state index in [2.05, 4.69) is 20.1 Å². The number of halogens is 1. The van der Waals surface area contributed by atoms with E-state index in [1.54, 1.807) is 0 Å². The molecule has 6 nitrogen and oxygen atoms in total. The first kappa shape index (κ1) is 13.8. The van der Waals surface area contributed by atoms with Gasteiger partial charge in [0.15, 0.2) is 5.82 Å². The van der Waals surface area contributed by atoms with Crippen molar-refractivity contribution in [2.24, 2.45) is 11.7 Å². The zero-order chi connectivity index (χ0) is 14.8. The number of aromatic amines is 1. The van der Waals surface area contributed by atoms with Crippen LogP contribution in [-0.2, 0) is 0 Å². The first-order valence-electron chi connectivity index (χ1n) is 7.03. The molecular weight excluding hydrogens is 273 g/mol. The first-order valence-corrected chi connectivity index (χ1v) is 7.03. The molecular formula is C14H18FN5O. The van der Waals surface area contributed by atoms with Gasteiger partial charge >= 0.3 is 0 Å². The van der Waals surface area contributed by atoms with Crippen LogP contribution in [0.15, 0.2) is 18.2 Å². The number of phenols is 1. The summed E-state index contributed by atoms with van der Waals surface area (Å²) < 4.78 is 13.0. The zero-order valence-corrected chi connectivity index (χ0v) is 11.6. The minimum absolute atomic E-state index is 0.156. The molecule has 2 heterocycles. The Morgan fingerprint density at radius 3 is 3.10 bits per heavy atom. The minimum Gasteiger partial charge on any atom is -0.507 e. The third-order valence-corrected chi connectivity index (χ3v) is 3.82. The third kappa shape index (κ3) is 2.82. The Morgan fingerprint density at radius 2 is 2.33 bits per heavy atom. The fourth-order valence-corrected chi connectivity index (χ4v) is 2.66. The molecule has 1 aliphatic heterocycles. The molecule has 1 aromatic heterocycles. The number of anilines is 1. The highest BCUT2D eigenvalue weighted by Gasteiger charge is 2.22. The van der Waals surface area contributed by atoms with Gasteiger partial charge in [0.1, 0.15) is 11.6 Å². The highest BCUT2D eigenvalue weighted by Crippen LogP contribution is 2.28. The topological polar surface area (TPSA) is 91.1 Å². The molecule has 1 atom stereocenters. The lowest BCUT2D eigenvalue weighted by Gasteiger charge is -2.31. The summed E-state index contributed by atoms with van der Waals surface area (Å²) in [5.74, 6) is 0.832. The van der Waals surface area contributed by atoms with Gasteiger partial charge in [0.05, 0.1) is 5.56 Å². The van der Waals surface area contributed by atoms with Crippen molar-refractivity contribution in [2.45, 2.75) is 12.8 Å². The molecule has 1 unspecified atom stereocenters. The molecule has 1 aliphatic rings. The molecule has 0 aliphatic carbocycles. The summed E-state index contributed by atoms with van der Waals surface area (Å²) in [6.07, 6.45) is 2.19. The van der Waals surface area contributed by atoms with Crippen molar-refractivity contribution in [3.63, 3.8) is 0 Å². The summed E-state index contributed by atoms with van der Waals surface area (Å²) in [5.41, 5.74) is 6.16. The molecule has 0 radical (unpaired) electrons. The molecule has 112 valence electrons. The number of rotatable bonds is 3. The predicted octanol–water partition coefficient (Wildman–Crippen LogP) is 1.49. The maximum atomic E-state index is 13.0. The summed E-state index contributed by atoms with van der Waals surface area (Å²) in [5, 5.41) is 16.8. The Balaban J connectivity index is 1.83. The van der Waals surface area contributed by atoms with E-state index in [-0.39, 0.29) is 5.75 Å². The second-order valence-electron chi connectivity index (χ2n) is 5.34. The lowest BCUT2D eigenvalue weighted by atomic mass is 9.99. The summed E-state index contributed by atoms with van der Waals surface area (Å²) in [6.45, 7) is 2.39. The monoisotopic (exact) mass is 291 g/mol. The predicted molar refractivity (Wildman–Crippen MR) is 77.4 cm³/mol. The van der Waals surface area contributed by atoms with Gasteiger partial charge in [0.2, 0.25) is 5.95 Å². The number of nitrogens with zero attached hydrogens (tertiary/aromatic N) is 3. The van der Waals surface area contributed by atoms with Crippen LogP contribution in [0.4, 0.5) is 10.3 Å². The SMILES string of the molecule is NCC1CCCN(c2n[nH]c(-c3ccc(F)cc3O)n2)C1. The number of hydrogen-bond acceptors (Lipinski definition) is 5. The number of H-pyrrole nitrogens is 1. The van der Waals surface area contributed by atoms with Gasteiger partial charge in [-0.2, -0.15) is 4.98 Å². The van der Waals surface area contributed by atoms with Crippen LogP contribution in [0.25, 0.3) is 11.4 Å². The van der Waals surface area contributed by atoms with Crippen LogP contribution in [0.1, 0.15) is 12.8 Å². The van der Waals surface area contributed by atoms with Gasteiger partial charge in [-0.15, -0.1) is 5.10 Å². The van der Waals surface area contributed by atoms with Crippen LogP contribution in [0, 0.1) is 11.7 Å². The molecule has 2 aromatic rings. The first-order chi connectivity index (χ1) is 10.2. The summed E-state index contributed by atoms with van der Waals surface area (Å²) in [7, 11) is 0. The molecule has 0 spiro atoms. The summed E-state index contributed by atoms with van der Waals surface area (Å²) in [6, 6.07) is 3.82. The van der Waals surface area contributed by atoms with Gasteiger partial charge in [-0.05, 0) is 37.4 Å². The molecule has 4 N–H and O–H groups in total. The van der Waals surface area contributed by atoms with Gasteiger partial charge in [0, 0.05) is 19.2 Å². The lowest BCUT2D eigenvalue weighted by molar-refractivity contribution is 0.420. The van der Waals surface area contributed by atoms with Crippen LogP contribution >= 0.6 is 0 Å². The van der Waals surface area contributed by atoms with E-state index in [0.29, 0.717) is 29.8 Å². The Labute approximate surface area is 121 Å². The lowest BCUT2D eigenvalue weighted by Crippen LogP contribution is -2.38. The maximum Gasteiger partial charge on any atom is 0.245 e. The van der Waals surface area contributed by atoms with Crippen molar-refractivity contribution in [3.8, 4) is 17.1 Å². The van der Waals surface area contributed by atoms with Gasteiger partial charge in [-0.25, -0.2) is 4.39 Å². The maximum absolute atomic E-state index is 13.0. The number of benzene rings is 1. The van der Waals surface area contributed by atoms with Crippen LogP contribution < -0.4 is 10.6 Å². The second-order valence-corrected chi connectivity index (χ2v) is 5.34. The number of piperidine rings is 1. The number of aromatic nitrogens is 3. The number of nitrogens with two attached hydrogens (primary N) is 1. The minimum atomic E-state index is -0.488. The van der Waals surface area contributed by atoms with Crippen LogP contribution in [0.3, 0.4) is 0 Å². The normalized spacial score (nSPS) is 19.0. The van der Waals surface area contributed by atoms with Crippen LogP contribution in [0.2, 0.25) is 0 Å². The highest BCUT2D eigenvalue weighted by molar-refractivity contribution is 5.64. The molecule has 3 rings (SSSR count). The van der Waals surface area contributed by atoms with Crippen LogP contribution in [-0.4, -0.2) is 39.9 Å². The van der Waals surface area contributed by atoms with E-state index >= 15 is 0 Å². The fourth-order valence-electron chi connectivity index (χ4n) is 2.66. The van der Waals surface area contributed by atoms with Crippen molar-refractivity contribution in [3.05, 3.63) is 24.0 Å². The Bertz CT molecular complexity index is 630. The fraction of sp³-hybridized carbons (Fsp3) is 0.429. The Kier molecular flexibility index (Phi) is 3.74. The highest BCUT2D eigenvalue weighted by atomic mass is 19.1. The number of hydrogen-bond donors (Lipinski definition) is 3. The number of aromatic hydroxyl groups is 1. The molecule has 0 amide bonds. The van der Waals surface area contributed by atoms with Crippen molar-refractivity contribution in [2.75, 3.05) is 24.5 Å². The summed E-state index contributed by atoms with van der Waals surface area (Å²) >= 11 is 0. The van der Waals surface area contributed by atoms with E-state index < -0.39 is 5.82 Å². The number of nitrogens with one attached hydrogen (secondary N) is 1. The molecule has 0 saturated carbocycles. The second kappa shape index (κ2) is 5.69. The van der Waals surface area contributed by atoms with Gasteiger partial charge in [-0.3, -0.25) is 5.10 Å². The van der Waals surface area contributed by atoms with Crippen molar-refractivity contribution in [1.29, 1.82) is 0 Å². The molecule has 1 aromatic carbocycles. The summed E-state index contributed by atoms with van der Waals surface area (Å²) in [4.78, 5) is 6.48. The Morgan fingerprint density at radius 1 is 1.48 bits per heavy atom. The standard InChI is InChI=1S/C14H18FN5O/c15-10-3-4-11(12(21)6-10)13-17-14(19-18-13)20-5-1-2-9(7-16)8-20/h3-4,6,9,21H,1-2,5,7-8,16H2,(H,17,18,19). The van der Waals surface area contributed by atoms with E-state index in [1.165, 1.54) is 12.1 Å². The molecule has 1 saturated heterocycles. The average molecular weight is 291 g/mol. The Hall–Kier alpha value is -2.15. The zero-order valence-electron chi connectivity index (χ0n) is 11.6. The molecule has 1 fully saturated rings. The average Bonchev–Trinajstić information content (AvgIpc) is 2.97. The molecule has 21 heavy (non-hydrogen) atoms. The van der Waals surface area contributed by atoms with Crippen molar-refractivity contribution >= 4 is 5.95 Å². The van der Waals surface area contributed by atoms with E-state index in [1.807, 2.05) is 0 Å². The van der Waals surface area contributed by atoms with Gasteiger partial charge < -0.3 is 15.7 Å². The van der Waals surface area contributed by atoms with Gasteiger partial charge in [0.25, 0.3) is 0 Å². The third-order valence-electron chi connectivity index (χ3n) is 3.82. The molecule has 0 bridgehead atoms. The van der Waals surface area contributed by atoms with E-state index in [4.69, 9.17) is 5.73 Å². The van der Waals surface area contributed by atoms with Crippen molar-refractivity contribution < 1.29 is 9.50 Å². The van der Waals surface area contributed by atoms with Gasteiger partial charge in [-0.1, -0.05) is 0 Å². The van der Waals surface area contributed by atoms with Crippen molar-refractivity contribution in [1.82, 2.24) is 15.2 Å². The van der Waals surface area contributed by atoms with E-state index in [0.717, 1.165) is 32.0 Å². The van der Waals surface area contributed by atoms with E-state index in [9.17, 15) is 9.50 Å². The number of phenolic OH excluding ortho intramolecular Hbond substituents is 1. The smallest absolute Gasteiger partial charge is 0.245 e. The quantitative estimate of drug-likeness (QED) is 0.797.